The standard InChI is InChI=1S/C27H33N3O4S/c1-6-16(2)21(23(31)28-15-17-11-13-18(34-5)14-12-17)29-24(32)22-27(3,4)35-26-20-10-8-7-9-19(20)25(33)30(22)26/h7-14,16,21-22,26H,6,15H2,1-5H3,(H,28,31)(H,29,32). The third kappa shape index (κ3) is 4.76. The highest BCUT2D eigenvalue weighted by atomic mass is 32.2. The highest BCUT2D eigenvalue weighted by Crippen LogP contribution is 2.56. The van der Waals surface area contributed by atoms with Gasteiger partial charge in [0.15, 0.2) is 0 Å². The lowest BCUT2D eigenvalue weighted by molar-refractivity contribution is -0.133. The van der Waals surface area contributed by atoms with Gasteiger partial charge in [0, 0.05) is 16.9 Å². The average molecular weight is 496 g/mol. The molecule has 186 valence electrons. The van der Waals surface area contributed by atoms with Crippen LogP contribution in [0.5, 0.6) is 5.75 Å². The Morgan fingerprint density at radius 1 is 1.14 bits per heavy atom. The first-order chi connectivity index (χ1) is 16.7. The van der Waals surface area contributed by atoms with E-state index in [0.717, 1.165) is 23.3 Å². The van der Waals surface area contributed by atoms with Crippen LogP contribution in [0.1, 0.15) is 61.0 Å². The predicted molar refractivity (Wildman–Crippen MR) is 137 cm³/mol. The lowest BCUT2D eigenvalue weighted by atomic mass is 9.95. The van der Waals surface area contributed by atoms with Crippen molar-refractivity contribution in [2.45, 2.75) is 62.9 Å². The minimum absolute atomic E-state index is 0.0748. The SMILES string of the molecule is CCC(C)C(NC(=O)C1N2C(=O)c3ccccc3C2SC1(C)C)C(=O)NCc1ccc(OC)cc1. The Hall–Kier alpha value is -3.00. The molecule has 0 aliphatic carbocycles. The fourth-order valence-electron chi connectivity index (χ4n) is 4.78. The normalized spacial score (nSPS) is 21.6. The first-order valence-electron chi connectivity index (χ1n) is 12.0. The fraction of sp³-hybridized carbons (Fsp3) is 0.444. The fourth-order valence-corrected chi connectivity index (χ4v) is 6.37. The molecule has 0 spiro atoms. The van der Waals surface area contributed by atoms with Gasteiger partial charge in [0.25, 0.3) is 5.91 Å². The zero-order valence-electron chi connectivity index (χ0n) is 20.8. The Morgan fingerprint density at radius 2 is 1.83 bits per heavy atom. The van der Waals surface area contributed by atoms with Crippen molar-refractivity contribution in [3.05, 3.63) is 65.2 Å². The number of nitrogens with one attached hydrogen (secondary N) is 2. The molecule has 0 radical (unpaired) electrons. The van der Waals surface area contributed by atoms with Gasteiger partial charge in [-0.3, -0.25) is 14.4 Å². The molecule has 7 nitrogen and oxygen atoms in total. The van der Waals surface area contributed by atoms with Crippen molar-refractivity contribution in [1.29, 1.82) is 0 Å². The lowest BCUT2D eigenvalue weighted by Gasteiger charge is -2.32. The molecule has 2 N–H and O–H groups in total. The zero-order chi connectivity index (χ0) is 25.3. The number of ether oxygens (including phenoxy) is 1. The minimum Gasteiger partial charge on any atom is -0.497 e. The molecule has 0 aromatic heterocycles. The zero-order valence-corrected chi connectivity index (χ0v) is 21.6. The van der Waals surface area contributed by atoms with Crippen LogP contribution in [-0.4, -0.2) is 46.6 Å². The van der Waals surface area contributed by atoms with E-state index in [1.54, 1.807) is 23.8 Å². The smallest absolute Gasteiger partial charge is 0.256 e. The maximum absolute atomic E-state index is 13.7. The summed E-state index contributed by atoms with van der Waals surface area (Å²) in [6, 6.07) is 13.6. The van der Waals surface area contributed by atoms with E-state index in [1.807, 2.05) is 76.2 Å². The van der Waals surface area contributed by atoms with Gasteiger partial charge in [-0.25, -0.2) is 0 Å². The van der Waals surface area contributed by atoms with Crippen LogP contribution in [0.4, 0.5) is 0 Å². The van der Waals surface area contributed by atoms with Gasteiger partial charge >= 0.3 is 0 Å². The van der Waals surface area contributed by atoms with Gasteiger partial charge in [0.2, 0.25) is 11.8 Å². The van der Waals surface area contributed by atoms with Crippen LogP contribution >= 0.6 is 11.8 Å². The molecule has 4 rings (SSSR count). The van der Waals surface area contributed by atoms with E-state index in [1.165, 1.54) is 0 Å². The molecule has 35 heavy (non-hydrogen) atoms. The maximum atomic E-state index is 13.7. The largest absolute Gasteiger partial charge is 0.497 e. The molecule has 1 saturated heterocycles. The van der Waals surface area contributed by atoms with Gasteiger partial charge in [-0.2, -0.15) is 0 Å². The molecule has 3 amide bonds. The summed E-state index contributed by atoms with van der Waals surface area (Å²) in [5, 5.41) is 5.76. The second-order valence-electron chi connectivity index (χ2n) is 9.71. The molecular formula is C27H33N3O4S. The summed E-state index contributed by atoms with van der Waals surface area (Å²) in [4.78, 5) is 41.8. The maximum Gasteiger partial charge on any atom is 0.256 e. The molecule has 2 heterocycles. The Morgan fingerprint density at radius 3 is 2.49 bits per heavy atom. The van der Waals surface area contributed by atoms with Crippen LogP contribution < -0.4 is 15.4 Å². The van der Waals surface area contributed by atoms with Crippen molar-refractivity contribution in [2.75, 3.05) is 7.11 Å². The van der Waals surface area contributed by atoms with E-state index in [4.69, 9.17) is 4.74 Å². The Labute approximate surface area is 211 Å². The third-order valence-electron chi connectivity index (χ3n) is 6.96. The number of hydrogen-bond acceptors (Lipinski definition) is 5. The molecule has 2 aliphatic heterocycles. The molecule has 4 unspecified atom stereocenters. The molecule has 2 aromatic rings. The van der Waals surface area contributed by atoms with Crippen LogP contribution in [0.3, 0.4) is 0 Å². The topological polar surface area (TPSA) is 87.7 Å². The van der Waals surface area contributed by atoms with E-state index >= 15 is 0 Å². The van der Waals surface area contributed by atoms with Crippen LogP contribution in [-0.2, 0) is 16.1 Å². The molecule has 0 saturated carbocycles. The number of nitrogens with zero attached hydrogens (tertiary/aromatic N) is 1. The van der Waals surface area contributed by atoms with Gasteiger partial charge in [-0.1, -0.05) is 50.6 Å². The molecule has 0 bridgehead atoms. The molecule has 2 aliphatic rings. The number of amides is 3. The molecule has 1 fully saturated rings. The number of carbonyl (C=O) groups is 3. The van der Waals surface area contributed by atoms with Crippen LogP contribution in [0.2, 0.25) is 0 Å². The van der Waals surface area contributed by atoms with Gasteiger partial charge in [-0.05, 0) is 49.1 Å². The predicted octanol–water partition coefficient (Wildman–Crippen LogP) is 3.89. The van der Waals surface area contributed by atoms with Crippen molar-refractivity contribution in [3.8, 4) is 5.75 Å². The summed E-state index contributed by atoms with van der Waals surface area (Å²) in [5.41, 5.74) is 2.53. The number of hydrogen-bond donors (Lipinski definition) is 2. The first kappa shape index (κ1) is 25.1. The summed E-state index contributed by atoms with van der Waals surface area (Å²) in [6.07, 6.45) is 0.723. The second-order valence-corrected chi connectivity index (χ2v) is 11.4. The quantitative estimate of drug-likeness (QED) is 0.580. The Kier molecular flexibility index (Phi) is 7.12. The minimum atomic E-state index is -0.703. The van der Waals surface area contributed by atoms with E-state index in [-0.39, 0.29) is 29.0 Å². The third-order valence-corrected chi connectivity index (χ3v) is 8.50. The van der Waals surface area contributed by atoms with E-state index in [0.29, 0.717) is 12.1 Å². The summed E-state index contributed by atoms with van der Waals surface area (Å²) in [5.74, 6) is 0.0107. The summed E-state index contributed by atoms with van der Waals surface area (Å²) >= 11 is 1.61. The number of thioether (sulfide) groups is 1. The van der Waals surface area contributed by atoms with Gasteiger partial charge in [0.05, 0.1) is 7.11 Å². The highest BCUT2D eigenvalue weighted by molar-refractivity contribution is 8.01. The number of benzene rings is 2. The van der Waals surface area contributed by atoms with Crippen molar-refractivity contribution < 1.29 is 19.1 Å². The van der Waals surface area contributed by atoms with Gasteiger partial charge in [-0.15, -0.1) is 11.8 Å². The van der Waals surface area contributed by atoms with Crippen molar-refractivity contribution in [1.82, 2.24) is 15.5 Å². The first-order valence-corrected chi connectivity index (χ1v) is 12.9. The average Bonchev–Trinajstić information content (AvgIpc) is 3.29. The van der Waals surface area contributed by atoms with Gasteiger partial charge in [0.1, 0.15) is 23.2 Å². The van der Waals surface area contributed by atoms with E-state index in [2.05, 4.69) is 10.6 Å². The van der Waals surface area contributed by atoms with E-state index in [9.17, 15) is 14.4 Å². The molecule has 2 aromatic carbocycles. The Balaban J connectivity index is 1.50. The summed E-state index contributed by atoms with van der Waals surface area (Å²) in [6.45, 7) is 8.26. The second kappa shape index (κ2) is 9.93. The number of methoxy groups -OCH3 is 1. The van der Waals surface area contributed by atoms with Gasteiger partial charge < -0.3 is 20.3 Å². The summed E-state index contributed by atoms with van der Waals surface area (Å²) < 4.78 is 4.68. The summed E-state index contributed by atoms with van der Waals surface area (Å²) in [7, 11) is 1.61. The van der Waals surface area contributed by atoms with E-state index < -0.39 is 16.8 Å². The number of fused-ring (bicyclic) bond motifs is 3. The van der Waals surface area contributed by atoms with Crippen LogP contribution in [0, 0.1) is 5.92 Å². The van der Waals surface area contributed by atoms with Crippen molar-refractivity contribution >= 4 is 29.5 Å². The number of rotatable bonds is 8. The number of carbonyl (C=O) groups excluding carboxylic acids is 3. The van der Waals surface area contributed by atoms with Crippen LogP contribution in [0.15, 0.2) is 48.5 Å². The molecule has 8 heteroatoms. The monoisotopic (exact) mass is 495 g/mol. The van der Waals surface area contributed by atoms with Crippen molar-refractivity contribution in [2.24, 2.45) is 5.92 Å². The lowest BCUT2D eigenvalue weighted by Crippen LogP contribution is -2.58. The molecular weight excluding hydrogens is 462 g/mol. The van der Waals surface area contributed by atoms with Crippen molar-refractivity contribution in [3.63, 3.8) is 0 Å². The highest BCUT2D eigenvalue weighted by Gasteiger charge is 2.57. The molecule has 4 atom stereocenters. The van der Waals surface area contributed by atoms with Crippen LogP contribution in [0.25, 0.3) is 0 Å². The Bertz CT molecular complexity index is 1120.